The van der Waals surface area contributed by atoms with Crippen molar-refractivity contribution in [3.05, 3.63) is 53.1 Å². The van der Waals surface area contributed by atoms with Gasteiger partial charge in [0.15, 0.2) is 6.10 Å². The first-order valence-electron chi connectivity index (χ1n) is 10.5. The Morgan fingerprint density at radius 1 is 1.17 bits per heavy atom. The van der Waals surface area contributed by atoms with Crippen molar-refractivity contribution < 1.29 is 9.53 Å². The van der Waals surface area contributed by atoms with Gasteiger partial charge in [0.1, 0.15) is 11.6 Å². The van der Waals surface area contributed by atoms with Crippen LogP contribution in [0.4, 0.5) is 0 Å². The number of aromatic nitrogens is 2. The van der Waals surface area contributed by atoms with Crippen LogP contribution in [0.25, 0.3) is 0 Å². The van der Waals surface area contributed by atoms with E-state index in [1.54, 1.807) is 0 Å². The van der Waals surface area contributed by atoms with Gasteiger partial charge in [-0.1, -0.05) is 17.7 Å². The molecule has 4 rings (SSSR count). The lowest BCUT2D eigenvalue weighted by atomic mass is 9.95. The second kappa shape index (κ2) is 8.49. The Hall–Kier alpha value is -2.47. The van der Waals surface area contributed by atoms with Crippen LogP contribution in [-0.4, -0.2) is 58.5 Å². The van der Waals surface area contributed by atoms with E-state index in [4.69, 9.17) is 9.72 Å². The molecule has 0 bridgehead atoms. The number of ether oxygens (including phenoxy) is 1. The largest absolute Gasteiger partial charge is 0.481 e. The summed E-state index contributed by atoms with van der Waals surface area (Å²) in [7, 11) is 2.17. The number of rotatable bonds is 4. The van der Waals surface area contributed by atoms with Crippen molar-refractivity contribution in [2.75, 3.05) is 26.7 Å². The van der Waals surface area contributed by atoms with Crippen LogP contribution in [0.5, 0.6) is 5.75 Å². The molecule has 1 atom stereocenters. The highest BCUT2D eigenvalue weighted by Gasteiger charge is 2.28. The maximum Gasteiger partial charge on any atom is 0.263 e. The molecule has 0 spiro atoms. The van der Waals surface area contributed by atoms with Crippen molar-refractivity contribution in [2.45, 2.75) is 51.7 Å². The first-order valence-corrected chi connectivity index (χ1v) is 10.5. The molecule has 1 aromatic heterocycles. The molecular formula is C23H30N4O2. The minimum atomic E-state index is -0.515. The second-order valence-electron chi connectivity index (χ2n) is 8.36. The molecule has 1 saturated heterocycles. The molecule has 2 aliphatic rings. The Labute approximate surface area is 172 Å². The predicted molar refractivity (Wildman–Crippen MR) is 112 cm³/mol. The first-order chi connectivity index (χ1) is 14.0. The van der Waals surface area contributed by atoms with Crippen molar-refractivity contribution in [2.24, 2.45) is 0 Å². The second-order valence-corrected chi connectivity index (χ2v) is 8.36. The summed E-state index contributed by atoms with van der Waals surface area (Å²) in [4.78, 5) is 26.6. The van der Waals surface area contributed by atoms with Crippen molar-refractivity contribution >= 4 is 5.91 Å². The number of hydrogen-bond acceptors (Lipinski definition) is 5. The molecule has 1 aromatic carbocycles. The van der Waals surface area contributed by atoms with Gasteiger partial charge in [0.2, 0.25) is 0 Å². The topological polar surface area (TPSA) is 58.6 Å². The van der Waals surface area contributed by atoms with Crippen LogP contribution >= 0.6 is 0 Å². The number of hydrogen-bond donors (Lipinski definition) is 0. The van der Waals surface area contributed by atoms with Crippen molar-refractivity contribution in [1.29, 1.82) is 0 Å². The molecule has 1 unspecified atom stereocenters. The fourth-order valence-corrected chi connectivity index (χ4v) is 4.11. The normalized spacial score (nSPS) is 18.9. The number of benzene rings is 1. The summed E-state index contributed by atoms with van der Waals surface area (Å²) < 4.78 is 5.85. The molecule has 29 heavy (non-hydrogen) atoms. The molecular weight excluding hydrogens is 364 g/mol. The van der Waals surface area contributed by atoms with Gasteiger partial charge in [-0.2, -0.15) is 0 Å². The molecule has 0 radical (unpaired) electrons. The van der Waals surface area contributed by atoms with Crippen LogP contribution in [-0.2, 0) is 17.8 Å². The Bertz CT molecular complexity index is 860. The van der Waals surface area contributed by atoms with Crippen LogP contribution in [0.2, 0.25) is 0 Å². The summed E-state index contributed by atoms with van der Waals surface area (Å²) in [6, 6.07) is 7.79. The maximum atomic E-state index is 12.9. The molecule has 2 aliphatic heterocycles. The standard InChI is InChI=1S/C23H30N4O2/c1-16-4-6-20(7-5-16)29-17(2)23(28)27-13-10-21-19(15-27)14-24-22(25-21)18-8-11-26(3)12-9-18/h4-7,14,17-18H,8-13,15H2,1-3H3. The van der Waals surface area contributed by atoms with E-state index in [0.29, 0.717) is 19.0 Å². The summed E-state index contributed by atoms with van der Waals surface area (Å²) in [6.45, 7) is 7.29. The van der Waals surface area contributed by atoms with Gasteiger partial charge in [0.25, 0.3) is 5.91 Å². The summed E-state index contributed by atoms with van der Waals surface area (Å²) in [5.41, 5.74) is 3.33. The van der Waals surface area contributed by atoms with E-state index in [9.17, 15) is 4.79 Å². The molecule has 3 heterocycles. The Kier molecular flexibility index (Phi) is 5.81. The predicted octanol–water partition coefficient (Wildman–Crippen LogP) is 2.95. The van der Waals surface area contributed by atoms with Crippen molar-refractivity contribution in [3.8, 4) is 5.75 Å². The summed E-state index contributed by atoms with van der Waals surface area (Å²) in [6.07, 6.45) is 4.43. The molecule has 1 fully saturated rings. The smallest absolute Gasteiger partial charge is 0.263 e. The zero-order valence-corrected chi connectivity index (χ0v) is 17.6. The lowest BCUT2D eigenvalue weighted by Crippen LogP contribution is -2.43. The maximum absolute atomic E-state index is 12.9. The third kappa shape index (κ3) is 4.58. The molecule has 1 amide bonds. The third-order valence-electron chi connectivity index (χ3n) is 6.03. The quantitative estimate of drug-likeness (QED) is 0.798. The minimum Gasteiger partial charge on any atom is -0.481 e. The van der Waals surface area contributed by atoms with Crippen LogP contribution < -0.4 is 4.74 Å². The number of carbonyl (C=O) groups excluding carboxylic acids is 1. The highest BCUT2D eigenvalue weighted by molar-refractivity contribution is 5.81. The lowest BCUT2D eigenvalue weighted by molar-refractivity contribution is -0.138. The number of carbonyl (C=O) groups is 1. The van der Waals surface area contributed by atoms with E-state index in [2.05, 4.69) is 16.9 Å². The Morgan fingerprint density at radius 3 is 2.62 bits per heavy atom. The number of piperidine rings is 1. The number of aryl methyl sites for hydroxylation is 1. The van der Waals surface area contributed by atoms with Crippen LogP contribution in [0, 0.1) is 6.92 Å². The highest BCUT2D eigenvalue weighted by Crippen LogP contribution is 2.27. The molecule has 0 saturated carbocycles. The average molecular weight is 395 g/mol. The van der Waals surface area contributed by atoms with E-state index < -0.39 is 6.10 Å². The van der Waals surface area contributed by atoms with E-state index in [1.807, 2.05) is 49.2 Å². The van der Waals surface area contributed by atoms with Gasteiger partial charge in [-0.25, -0.2) is 9.97 Å². The minimum absolute atomic E-state index is 0.00983. The van der Waals surface area contributed by atoms with Crippen LogP contribution in [0.1, 0.15) is 48.3 Å². The number of fused-ring (bicyclic) bond motifs is 1. The zero-order chi connectivity index (χ0) is 20.4. The Morgan fingerprint density at radius 2 is 1.90 bits per heavy atom. The highest BCUT2D eigenvalue weighted by atomic mass is 16.5. The fourth-order valence-electron chi connectivity index (χ4n) is 4.11. The summed E-state index contributed by atoms with van der Waals surface area (Å²) in [5.74, 6) is 2.17. The summed E-state index contributed by atoms with van der Waals surface area (Å²) >= 11 is 0. The SMILES string of the molecule is Cc1ccc(OC(C)C(=O)N2CCc3nc(C4CCN(C)CC4)ncc3C2)cc1. The molecule has 0 aliphatic carbocycles. The zero-order valence-electron chi connectivity index (χ0n) is 17.6. The van der Waals surface area contributed by atoms with Gasteiger partial charge in [-0.3, -0.25) is 4.79 Å². The molecule has 154 valence electrons. The molecule has 6 heteroatoms. The molecule has 6 nitrogen and oxygen atoms in total. The van der Waals surface area contributed by atoms with Gasteiger partial charge in [0, 0.05) is 37.2 Å². The van der Waals surface area contributed by atoms with E-state index in [1.165, 1.54) is 5.56 Å². The summed E-state index contributed by atoms with van der Waals surface area (Å²) in [5, 5.41) is 0. The first kappa shape index (κ1) is 19.8. The average Bonchev–Trinajstić information content (AvgIpc) is 2.74. The van der Waals surface area contributed by atoms with Gasteiger partial charge >= 0.3 is 0 Å². The van der Waals surface area contributed by atoms with Gasteiger partial charge in [0.05, 0.1) is 5.69 Å². The van der Waals surface area contributed by atoms with Crippen LogP contribution in [0.15, 0.2) is 30.5 Å². The van der Waals surface area contributed by atoms with Gasteiger partial charge in [-0.05, 0) is 59.0 Å². The third-order valence-corrected chi connectivity index (χ3v) is 6.03. The van der Waals surface area contributed by atoms with E-state index in [0.717, 1.165) is 55.2 Å². The number of likely N-dealkylation sites (tertiary alicyclic amines) is 1. The Balaban J connectivity index is 1.39. The van der Waals surface area contributed by atoms with Gasteiger partial charge < -0.3 is 14.5 Å². The number of nitrogens with zero attached hydrogens (tertiary/aromatic N) is 4. The lowest BCUT2D eigenvalue weighted by Gasteiger charge is -2.31. The fraction of sp³-hybridized carbons (Fsp3) is 0.522. The van der Waals surface area contributed by atoms with Gasteiger partial charge in [-0.15, -0.1) is 0 Å². The van der Waals surface area contributed by atoms with Crippen molar-refractivity contribution in [3.63, 3.8) is 0 Å². The monoisotopic (exact) mass is 394 g/mol. The number of amides is 1. The van der Waals surface area contributed by atoms with Crippen LogP contribution in [0.3, 0.4) is 0 Å². The van der Waals surface area contributed by atoms with E-state index in [-0.39, 0.29) is 5.91 Å². The van der Waals surface area contributed by atoms with Crippen molar-refractivity contribution in [1.82, 2.24) is 19.8 Å². The molecule has 2 aromatic rings. The van der Waals surface area contributed by atoms with E-state index >= 15 is 0 Å². The molecule has 0 N–H and O–H groups in total.